The lowest BCUT2D eigenvalue weighted by atomic mass is 9.65. The van der Waals surface area contributed by atoms with Crippen LogP contribution in [0.15, 0.2) is 4.99 Å². The van der Waals surface area contributed by atoms with Crippen molar-refractivity contribution in [1.82, 2.24) is 0 Å². The first-order chi connectivity index (χ1) is 5.74. The Hall–Kier alpha value is -1.09. The van der Waals surface area contributed by atoms with E-state index in [1.807, 2.05) is 14.1 Å². The van der Waals surface area contributed by atoms with Crippen LogP contribution in [0.5, 0.6) is 0 Å². The van der Waals surface area contributed by atoms with Crippen molar-refractivity contribution in [3.05, 3.63) is 0 Å². The number of esters is 1. The maximum atomic E-state index is 10.8. The van der Waals surface area contributed by atoms with Crippen LogP contribution in [0.1, 0.15) is 6.42 Å². The molecule has 0 rings (SSSR count). The zero-order chi connectivity index (χ0) is 9.40. The highest BCUT2D eigenvalue weighted by Crippen LogP contribution is 2.09. The Balaban J connectivity index is 3.81. The summed E-state index contributed by atoms with van der Waals surface area (Å²) in [7, 11) is 3.15. The fraction of sp³-hybridized carbons (Fsp3) is 0.714. The molecule has 1 atom stereocenters. The van der Waals surface area contributed by atoms with Crippen molar-refractivity contribution in [2.45, 2.75) is 19.1 Å². The predicted molar refractivity (Wildman–Crippen MR) is 45.0 cm³/mol. The number of isocyanates is 1. The van der Waals surface area contributed by atoms with Gasteiger partial charge in [-0.3, -0.25) is 4.79 Å². The lowest BCUT2D eigenvalue weighted by Gasteiger charge is -2.07. The largest absolute Gasteiger partial charge is 0.469 e. The topological polar surface area (TPSA) is 55.7 Å². The lowest BCUT2D eigenvalue weighted by molar-refractivity contribution is -0.140. The Morgan fingerprint density at radius 1 is 1.75 bits per heavy atom. The van der Waals surface area contributed by atoms with Gasteiger partial charge >= 0.3 is 5.97 Å². The summed E-state index contributed by atoms with van der Waals surface area (Å²) in [5.74, 6) is -0.321. The van der Waals surface area contributed by atoms with Crippen LogP contribution in [0.2, 0.25) is 12.6 Å². The van der Waals surface area contributed by atoms with E-state index in [0.717, 1.165) is 0 Å². The van der Waals surface area contributed by atoms with E-state index >= 15 is 0 Å². The molecule has 0 aliphatic carbocycles. The Bertz CT molecular complexity index is 189. The van der Waals surface area contributed by atoms with Gasteiger partial charge in [-0.2, -0.15) is 0 Å². The fourth-order valence-corrected chi connectivity index (χ4v) is 0.740. The van der Waals surface area contributed by atoms with Crippen molar-refractivity contribution >= 4 is 19.3 Å². The van der Waals surface area contributed by atoms with Crippen molar-refractivity contribution < 1.29 is 14.3 Å². The average Bonchev–Trinajstić information content (AvgIpc) is 2.11. The monoisotopic (exact) mass is 168 g/mol. The molecule has 0 bridgehead atoms. The van der Waals surface area contributed by atoms with Crippen LogP contribution in [0.25, 0.3) is 0 Å². The highest BCUT2D eigenvalue weighted by atomic mass is 16.5. The zero-order valence-corrected chi connectivity index (χ0v) is 7.24. The smallest absolute Gasteiger partial charge is 0.305 e. The SMILES string of the molecule is C[B]C(CN=C=O)CC(=O)OC. The second-order valence-electron chi connectivity index (χ2n) is 2.31. The van der Waals surface area contributed by atoms with E-state index in [-0.39, 0.29) is 18.2 Å². The van der Waals surface area contributed by atoms with E-state index in [1.165, 1.54) is 13.2 Å². The van der Waals surface area contributed by atoms with Gasteiger partial charge in [0.1, 0.15) is 7.28 Å². The number of hydrogen-bond donors (Lipinski definition) is 0. The minimum absolute atomic E-state index is 0.0288. The number of nitrogens with zero attached hydrogens (tertiary/aromatic N) is 1. The summed E-state index contributed by atoms with van der Waals surface area (Å²) >= 11 is 0. The van der Waals surface area contributed by atoms with E-state index in [9.17, 15) is 9.59 Å². The summed E-state index contributed by atoms with van der Waals surface area (Å²) in [4.78, 5) is 23.9. The van der Waals surface area contributed by atoms with Crippen molar-refractivity contribution in [1.29, 1.82) is 0 Å². The molecule has 0 aromatic carbocycles. The molecule has 0 saturated carbocycles. The van der Waals surface area contributed by atoms with Gasteiger partial charge in [0.2, 0.25) is 6.08 Å². The second-order valence-corrected chi connectivity index (χ2v) is 2.31. The van der Waals surface area contributed by atoms with Gasteiger partial charge in [0.15, 0.2) is 0 Å². The summed E-state index contributed by atoms with van der Waals surface area (Å²) in [5.41, 5.74) is 0. The first-order valence-electron chi connectivity index (χ1n) is 3.64. The van der Waals surface area contributed by atoms with E-state index in [0.29, 0.717) is 6.54 Å². The first kappa shape index (κ1) is 10.9. The van der Waals surface area contributed by atoms with Crippen LogP contribution in [-0.2, 0) is 14.3 Å². The molecule has 65 valence electrons. The van der Waals surface area contributed by atoms with Crippen LogP contribution in [-0.4, -0.2) is 33.0 Å². The first-order valence-corrected chi connectivity index (χ1v) is 3.64. The third kappa shape index (κ3) is 4.69. The van der Waals surface area contributed by atoms with Gasteiger partial charge in [-0.15, -0.1) is 0 Å². The number of aliphatic imine (C=N–C) groups is 1. The third-order valence-electron chi connectivity index (χ3n) is 1.52. The normalized spacial score (nSPS) is 11.2. The van der Waals surface area contributed by atoms with Crippen molar-refractivity contribution in [2.24, 2.45) is 4.99 Å². The molecule has 0 aliphatic rings. The molecule has 1 unspecified atom stereocenters. The van der Waals surface area contributed by atoms with Crippen molar-refractivity contribution in [3.63, 3.8) is 0 Å². The van der Waals surface area contributed by atoms with Gasteiger partial charge in [-0.05, 0) is 5.82 Å². The molecular formula is C7H11BNO3. The van der Waals surface area contributed by atoms with Gasteiger partial charge in [0, 0.05) is 13.0 Å². The fourth-order valence-electron chi connectivity index (χ4n) is 0.740. The average molecular weight is 168 g/mol. The molecule has 0 aromatic rings. The van der Waals surface area contributed by atoms with E-state index in [4.69, 9.17) is 0 Å². The molecule has 12 heavy (non-hydrogen) atoms. The maximum absolute atomic E-state index is 10.8. The molecular weight excluding hydrogens is 157 g/mol. The Labute approximate surface area is 72.2 Å². The molecule has 0 saturated heterocycles. The maximum Gasteiger partial charge on any atom is 0.305 e. The summed E-state index contributed by atoms with van der Waals surface area (Å²) in [6.45, 7) is 2.11. The molecule has 0 N–H and O–H groups in total. The zero-order valence-electron chi connectivity index (χ0n) is 7.24. The number of methoxy groups -OCH3 is 1. The molecule has 0 aliphatic heterocycles. The van der Waals surface area contributed by atoms with Crippen LogP contribution >= 0.6 is 0 Å². The van der Waals surface area contributed by atoms with Gasteiger partial charge in [-0.1, -0.05) is 6.82 Å². The summed E-state index contributed by atoms with van der Waals surface area (Å²) in [6.07, 6.45) is 1.69. The number of carbonyl (C=O) groups is 1. The van der Waals surface area contributed by atoms with E-state index in [2.05, 4.69) is 9.73 Å². The van der Waals surface area contributed by atoms with Crippen molar-refractivity contribution in [3.8, 4) is 0 Å². The van der Waals surface area contributed by atoms with Gasteiger partial charge < -0.3 is 4.74 Å². The third-order valence-corrected chi connectivity index (χ3v) is 1.52. The second kappa shape index (κ2) is 6.61. The number of carbonyl (C=O) groups excluding carboxylic acids is 2. The molecule has 0 spiro atoms. The molecule has 0 amide bonds. The Kier molecular flexibility index (Phi) is 6.02. The van der Waals surface area contributed by atoms with Crippen molar-refractivity contribution in [2.75, 3.05) is 13.7 Å². The summed E-state index contributed by atoms with van der Waals surface area (Å²) < 4.78 is 4.46. The van der Waals surface area contributed by atoms with Crippen LogP contribution < -0.4 is 0 Å². The van der Waals surface area contributed by atoms with Gasteiger partial charge in [-0.25, -0.2) is 9.79 Å². The van der Waals surface area contributed by atoms with E-state index in [1.54, 1.807) is 0 Å². The molecule has 0 heterocycles. The molecule has 4 nitrogen and oxygen atoms in total. The van der Waals surface area contributed by atoms with Crippen LogP contribution in [0.3, 0.4) is 0 Å². The quantitative estimate of drug-likeness (QED) is 0.259. The molecule has 0 fully saturated rings. The number of hydrogen-bond acceptors (Lipinski definition) is 4. The standard InChI is InChI=1S/C7H11BNO3/c1-8-6(4-9-5-10)3-7(11)12-2/h6H,3-4H2,1-2H3. The van der Waals surface area contributed by atoms with Crippen LogP contribution in [0.4, 0.5) is 0 Å². The molecule has 1 radical (unpaired) electrons. The summed E-state index contributed by atoms with van der Waals surface area (Å²) in [5, 5.41) is 0. The van der Waals surface area contributed by atoms with Gasteiger partial charge in [0.25, 0.3) is 0 Å². The molecule has 0 aromatic heterocycles. The highest BCUT2D eigenvalue weighted by molar-refractivity contribution is 6.36. The van der Waals surface area contributed by atoms with Crippen LogP contribution in [0, 0.1) is 0 Å². The minimum Gasteiger partial charge on any atom is -0.469 e. The Morgan fingerprint density at radius 3 is 2.83 bits per heavy atom. The molecule has 5 heteroatoms. The minimum atomic E-state index is -0.292. The number of ether oxygens (including phenoxy) is 1. The van der Waals surface area contributed by atoms with Gasteiger partial charge in [0.05, 0.1) is 7.11 Å². The van der Waals surface area contributed by atoms with E-state index < -0.39 is 0 Å². The summed E-state index contributed by atoms with van der Waals surface area (Å²) in [6, 6.07) is 0. The number of rotatable bonds is 5. The highest BCUT2D eigenvalue weighted by Gasteiger charge is 2.11. The predicted octanol–water partition coefficient (Wildman–Crippen LogP) is 0.426. The lowest BCUT2D eigenvalue weighted by Crippen LogP contribution is -2.11. The Morgan fingerprint density at radius 2 is 2.42 bits per heavy atom.